The van der Waals surface area contributed by atoms with Crippen LogP contribution < -0.4 is 11.1 Å². The Kier molecular flexibility index (Phi) is 3.84. The third kappa shape index (κ3) is 2.75. The van der Waals surface area contributed by atoms with E-state index in [0.717, 1.165) is 29.6 Å². The van der Waals surface area contributed by atoms with Crippen molar-refractivity contribution in [1.29, 1.82) is 0 Å². The van der Waals surface area contributed by atoms with Crippen molar-refractivity contribution in [2.45, 2.75) is 18.4 Å². The minimum Gasteiger partial charge on any atom is -0.379 e. The molecule has 1 saturated heterocycles. The molecule has 1 aromatic rings. The Bertz CT molecular complexity index is 333. The summed E-state index contributed by atoms with van der Waals surface area (Å²) in [4.78, 5) is 0. The maximum absolute atomic E-state index is 5.86. The van der Waals surface area contributed by atoms with Crippen LogP contribution in [0.3, 0.4) is 0 Å². The Hall–Kier alpha value is -0.580. The van der Waals surface area contributed by atoms with Crippen molar-refractivity contribution in [2.24, 2.45) is 5.73 Å². The van der Waals surface area contributed by atoms with E-state index < -0.39 is 0 Å². The quantitative estimate of drug-likeness (QED) is 0.896. The van der Waals surface area contributed by atoms with Gasteiger partial charge in [-0.15, -0.1) is 0 Å². The fourth-order valence-corrected chi connectivity index (χ4v) is 2.27. The summed E-state index contributed by atoms with van der Waals surface area (Å²) in [5.74, 6) is 0. The molecule has 3 nitrogen and oxygen atoms in total. The first-order chi connectivity index (χ1) is 7.74. The van der Waals surface area contributed by atoms with Crippen LogP contribution in [0.2, 0.25) is 0 Å². The van der Waals surface area contributed by atoms with Gasteiger partial charge in [-0.3, -0.25) is 0 Å². The lowest BCUT2D eigenvalue weighted by Crippen LogP contribution is -2.51. The van der Waals surface area contributed by atoms with E-state index in [-0.39, 0.29) is 5.54 Å². The second-order valence-corrected chi connectivity index (χ2v) is 5.19. The standard InChI is InChI=1S/C12H17BrN2O/c13-10-2-4-11(5-3-10)15-12(8-14)6-1-7-16-9-12/h2-5,15H,1,6-9,14H2. The van der Waals surface area contributed by atoms with Crippen molar-refractivity contribution in [3.05, 3.63) is 28.7 Å². The Morgan fingerprint density at radius 1 is 1.38 bits per heavy atom. The lowest BCUT2D eigenvalue weighted by molar-refractivity contribution is 0.0502. The van der Waals surface area contributed by atoms with Crippen molar-refractivity contribution in [3.63, 3.8) is 0 Å². The van der Waals surface area contributed by atoms with E-state index >= 15 is 0 Å². The Morgan fingerprint density at radius 2 is 2.12 bits per heavy atom. The second-order valence-electron chi connectivity index (χ2n) is 4.27. The number of hydrogen-bond donors (Lipinski definition) is 2. The minimum atomic E-state index is -0.0912. The van der Waals surface area contributed by atoms with E-state index in [1.165, 1.54) is 0 Å². The summed E-state index contributed by atoms with van der Waals surface area (Å²) in [7, 11) is 0. The molecule has 1 unspecified atom stereocenters. The Labute approximate surface area is 104 Å². The molecular formula is C12H17BrN2O. The van der Waals surface area contributed by atoms with Crippen LogP contribution in [0.4, 0.5) is 5.69 Å². The van der Waals surface area contributed by atoms with Crippen LogP contribution in [0.1, 0.15) is 12.8 Å². The first kappa shape index (κ1) is 11.9. The van der Waals surface area contributed by atoms with Gasteiger partial charge in [-0.25, -0.2) is 0 Å². The molecule has 2 rings (SSSR count). The van der Waals surface area contributed by atoms with Gasteiger partial charge in [-0.1, -0.05) is 15.9 Å². The molecule has 1 fully saturated rings. The second kappa shape index (κ2) is 5.17. The van der Waals surface area contributed by atoms with Gasteiger partial charge in [0.05, 0.1) is 12.1 Å². The molecule has 0 aliphatic carbocycles. The monoisotopic (exact) mass is 284 g/mol. The summed E-state index contributed by atoms with van der Waals surface area (Å²) in [5, 5.41) is 3.50. The van der Waals surface area contributed by atoms with E-state index in [9.17, 15) is 0 Å². The zero-order valence-corrected chi connectivity index (χ0v) is 10.8. The number of hydrogen-bond acceptors (Lipinski definition) is 3. The molecule has 1 heterocycles. The molecule has 88 valence electrons. The Morgan fingerprint density at radius 3 is 2.69 bits per heavy atom. The number of benzene rings is 1. The third-order valence-corrected chi connectivity index (χ3v) is 3.50. The maximum atomic E-state index is 5.86. The fraction of sp³-hybridized carbons (Fsp3) is 0.500. The third-order valence-electron chi connectivity index (χ3n) is 2.97. The number of nitrogens with two attached hydrogens (primary N) is 1. The number of rotatable bonds is 3. The SMILES string of the molecule is NCC1(Nc2ccc(Br)cc2)CCCOC1. The van der Waals surface area contributed by atoms with E-state index in [2.05, 4.69) is 33.4 Å². The van der Waals surface area contributed by atoms with Crippen LogP contribution in [0.15, 0.2) is 28.7 Å². The highest BCUT2D eigenvalue weighted by molar-refractivity contribution is 9.10. The van der Waals surface area contributed by atoms with Crippen LogP contribution >= 0.6 is 15.9 Å². The van der Waals surface area contributed by atoms with Gasteiger partial charge in [0.2, 0.25) is 0 Å². The van der Waals surface area contributed by atoms with Gasteiger partial charge in [-0.2, -0.15) is 0 Å². The molecule has 1 atom stereocenters. The highest BCUT2D eigenvalue weighted by atomic mass is 79.9. The van der Waals surface area contributed by atoms with Crippen molar-refractivity contribution in [1.82, 2.24) is 0 Å². The van der Waals surface area contributed by atoms with E-state index in [1.54, 1.807) is 0 Å². The fourth-order valence-electron chi connectivity index (χ4n) is 2.00. The van der Waals surface area contributed by atoms with Crippen LogP contribution in [0.5, 0.6) is 0 Å². The maximum Gasteiger partial charge on any atom is 0.0729 e. The van der Waals surface area contributed by atoms with E-state index in [1.807, 2.05) is 12.1 Å². The van der Waals surface area contributed by atoms with Gasteiger partial charge >= 0.3 is 0 Å². The first-order valence-corrected chi connectivity index (χ1v) is 6.35. The first-order valence-electron chi connectivity index (χ1n) is 5.56. The summed E-state index contributed by atoms with van der Waals surface area (Å²) >= 11 is 3.42. The van der Waals surface area contributed by atoms with Crippen LogP contribution in [-0.2, 0) is 4.74 Å². The predicted molar refractivity (Wildman–Crippen MR) is 69.6 cm³/mol. The number of halogens is 1. The molecule has 0 radical (unpaired) electrons. The summed E-state index contributed by atoms with van der Waals surface area (Å²) in [6, 6.07) is 8.15. The molecule has 3 N–H and O–H groups in total. The van der Waals surface area contributed by atoms with Crippen molar-refractivity contribution < 1.29 is 4.74 Å². The van der Waals surface area contributed by atoms with E-state index in [4.69, 9.17) is 10.5 Å². The van der Waals surface area contributed by atoms with Crippen LogP contribution in [-0.4, -0.2) is 25.3 Å². The molecule has 4 heteroatoms. The van der Waals surface area contributed by atoms with Gasteiger partial charge < -0.3 is 15.8 Å². The lowest BCUT2D eigenvalue weighted by Gasteiger charge is -2.37. The Balaban J connectivity index is 2.08. The van der Waals surface area contributed by atoms with Gasteiger partial charge in [0, 0.05) is 23.3 Å². The molecule has 0 aromatic heterocycles. The molecule has 1 aromatic carbocycles. The molecule has 1 aliphatic rings. The lowest BCUT2D eigenvalue weighted by atomic mass is 9.92. The van der Waals surface area contributed by atoms with Gasteiger partial charge in [0.15, 0.2) is 0 Å². The summed E-state index contributed by atoms with van der Waals surface area (Å²) in [6.07, 6.45) is 2.14. The van der Waals surface area contributed by atoms with Gasteiger partial charge in [-0.05, 0) is 37.1 Å². The van der Waals surface area contributed by atoms with Gasteiger partial charge in [0.1, 0.15) is 0 Å². The molecular weight excluding hydrogens is 268 g/mol. The average Bonchev–Trinajstić information content (AvgIpc) is 2.33. The highest BCUT2D eigenvalue weighted by Gasteiger charge is 2.31. The number of nitrogens with one attached hydrogen (secondary N) is 1. The normalized spacial score (nSPS) is 25.4. The van der Waals surface area contributed by atoms with E-state index in [0.29, 0.717) is 13.2 Å². The van der Waals surface area contributed by atoms with Gasteiger partial charge in [0.25, 0.3) is 0 Å². The summed E-state index contributed by atoms with van der Waals surface area (Å²) in [5.41, 5.74) is 6.87. The zero-order chi connectivity index (χ0) is 11.4. The number of ether oxygens (including phenoxy) is 1. The smallest absolute Gasteiger partial charge is 0.0729 e. The zero-order valence-electron chi connectivity index (χ0n) is 9.21. The van der Waals surface area contributed by atoms with Crippen molar-refractivity contribution in [3.8, 4) is 0 Å². The molecule has 0 spiro atoms. The van der Waals surface area contributed by atoms with Crippen LogP contribution in [0.25, 0.3) is 0 Å². The molecule has 1 aliphatic heterocycles. The van der Waals surface area contributed by atoms with Crippen molar-refractivity contribution in [2.75, 3.05) is 25.1 Å². The van der Waals surface area contributed by atoms with Crippen LogP contribution in [0, 0.1) is 0 Å². The summed E-state index contributed by atoms with van der Waals surface area (Å²) < 4.78 is 6.60. The molecule has 16 heavy (non-hydrogen) atoms. The minimum absolute atomic E-state index is 0.0912. The molecule has 0 saturated carbocycles. The number of anilines is 1. The predicted octanol–water partition coefficient (Wildman–Crippen LogP) is 2.37. The topological polar surface area (TPSA) is 47.3 Å². The summed E-state index contributed by atoms with van der Waals surface area (Å²) in [6.45, 7) is 2.15. The average molecular weight is 285 g/mol. The van der Waals surface area contributed by atoms with Crippen molar-refractivity contribution >= 4 is 21.6 Å². The largest absolute Gasteiger partial charge is 0.379 e. The highest BCUT2D eigenvalue weighted by Crippen LogP contribution is 2.24. The molecule has 0 bridgehead atoms. The molecule has 0 amide bonds.